The van der Waals surface area contributed by atoms with Gasteiger partial charge in [-0.1, -0.05) is 29.8 Å². The molecule has 0 fully saturated rings. The first-order valence-corrected chi connectivity index (χ1v) is 9.06. The lowest BCUT2D eigenvalue weighted by Crippen LogP contribution is -2.19. The summed E-state index contributed by atoms with van der Waals surface area (Å²) in [6, 6.07) is 8.48. The standard InChI is InChI=1S/C19H24N6OS/c1-13-5-7-16(8-6-13)10-25-15(3)18(14(2)23-25)22-19(27)21-17-9-20-24(11-17)12-26-4/h5-9,11H,10,12H2,1-4H3,(H2,21,22,27). The van der Waals surface area contributed by atoms with Crippen molar-refractivity contribution in [2.45, 2.75) is 34.0 Å². The first kappa shape index (κ1) is 19.1. The van der Waals surface area contributed by atoms with E-state index in [1.54, 1.807) is 18.0 Å². The highest BCUT2D eigenvalue weighted by atomic mass is 32.1. The minimum absolute atomic E-state index is 0.395. The Bertz CT molecular complexity index is 928. The zero-order valence-corrected chi connectivity index (χ0v) is 16.8. The first-order valence-electron chi connectivity index (χ1n) is 8.65. The van der Waals surface area contributed by atoms with Gasteiger partial charge in [0.1, 0.15) is 6.73 Å². The number of nitrogens with zero attached hydrogens (tertiary/aromatic N) is 4. The van der Waals surface area contributed by atoms with Gasteiger partial charge >= 0.3 is 0 Å². The molecule has 3 rings (SSSR count). The lowest BCUT2D eigenvalue weighted by molar-refractivity contribution is 0.120. The van der Waals surface area contributed by atoms with Gasteiger partial charge in [-0.2, -0.15) is 10.2 Å². The van der Waals surface area contributed by atoms with Crippen LogP contribution in [0.15, 0.2) is 36.7 Å². The van der Waals surface area contributed by atoms with Crippen LogP contribution in [0.3, 0.4) is 0 Å². The van der Waals surface area contributed by atoms with Crippen molar-refractivity contribution in [2.75, 3.05) is 17.7 Å². The fourth-order valence-corrected chi connectivity index (χ4v) is 3.02. The van der Waals surface area contributed by atoms with Gasteiger partial charge in [-0.15, -0.1) is 0 Å². The second-order valence-corrected chi connectivity index (χ2v) is 6.86. The Kier molecular flexibility index (Phi) is 5.88. The summed E-state index contributed by atoms with van der Waals surface area (Å²) in [5, 5.41) is 15.7. The van der Waals surface area contributed by atoms with Crippen molar-refractivity contribution >= 4 is 28.7 Å². The number of aryl methyl sites for hydroxylation is 2. The summed E-state index contributed by atoms with van der Waals surface area (Å²) < 4.78 is 8.71. The van der Waals surface area contributed by atoms with E-state index in [1.807, 2.05) is 24.7 Å². The van der Waals surface area contributed by atoms with E-state index in [0.29, 0.717) is 11.8 Å². The fourth-order valence-electron chi connectivity index (χ4n) is 2.81. The van der Waals surface area contributed by atoms with E-state index in [2.05, 4.69) is 52.0 Å². The molecule has 0 aliphatic heterocycles. The monoisotopic (exact) mass is 384 g/mol. The molecule has 1 aromatic carbocycles. The number of aromatic nitrogens is 4. The molecule has 142 valence electrons. The van der Waals surface area contributed by atoms with E-state index < -0.39 is 0 Å². The molecule has 8 heteroatoms. The maximum absolute atomic E-state index is 5.44. The van der Waals surface area contributed by atoms with E-state index in [-0.39, 0.29) is 0 Å². The fraction of sp³-hybridized carbons (Fsp3) is 0.316. The summed E-state index contributed by atoms with van der Waals surface area (Å²) in [4.78, 5) is 0. The molecule has 0 spiro atoms. The van der Waals surface area contributed by atoms with Crippen LogP contribution in [0, 0.1) is 20.8 Å². The predicted molar refractivity (Wildman–Crippen MR) is 111 cm³/mol. The van der Waals surface area contributed by atoms with Crippen molar-refractivity contribution in [3.8, 4) is 0 Å². The molecule has 0 atom stereocenters. The van der Waals surface area contributed by atoms with Crippen LogP contribution >= 0.6 is 12.2 Å². The van der Waals surface area contributed by atoms with Gasteiger partial charge in [0, 0.05) is 7.11 Å². The molecule has 27 heavy (non-hydrogen) atoms. The summed E-state index contributed by atoms with van der Waals surface area (Å²) in [5.41, 5.74) is 6.12. The molecule has 3 aromatic rings. The van der Waals surface area contributed by atoms with Crippen molar-refractivity contribution in [2.24, 2.45) is 0 Å². The Hall–Kier alpha value is -2.71. The number of benzene rings is 1. The Morgan fingerprint density at radius 2 is 1.89 bits per heavy atom. The largest absolute Gasteiger partial charge is 0.362 e. The van der Waals surface area contributed by atoms with E-state index in [0.717, 1.165) is 29.3 Å². The van der Waals surface area contributed by atoms with E-state index in [9.17, 15) is 0 Å². The number of ether oxygens (including phenoxy) is 1. The van der Waals surface area contributed by atoms with E-state index >= 15 is 0 Å². The highest BCUT2D eigenvalue weighted by Gasteiger charge is 2.13. The third-order valence-electron chi connectivity index (χ3n) is 4.23. The van der Waals surface area contributed by atoms with Crippen LogP contribution in [0.2, 0.25) is 0 Å². The van der Waals surface area contributed by atoms with Crippen LogP contribution < -0.4 is 10.6 Å². The van der Waals surface area contributed by atoms with Crippen LogP contribution in [0.25, 0.3) is 0 Å². The highest BCUT2D eigenvalue weighted by Crippen LogP contribution is 2.21. The average molecular weight is 385 g/mol. The van der Waals surface area contributed by atoms with Crippen LogP contribution in [0.4, 0.5) is 11.4 Å². The number of nitrogens with one attached hydrogen (secondary N) is 2. The summed E-state index contributed by atoms with van der Waals surface area (Å²) in [6.45, 7) is 7.21. The molecule has 2 N–H and O–H groups in total. The second-order valence-electron chi connectivity index (χ2n) is 6.45. The number of thiocarbonyl (C=S) groups is 1. The molecule has 0 radical (unpaired) electrons. The Labute approximate surface area is 164 Å². The van der Waals surface area contributed by atoms with Gasteiger partial charge in [0.25, 0.3) is 0 Å². The highest BCUT2D eigenvalue weighted by molar-refractivity contribution is 7.80. The van der Waals surface area contributed by atoms with E-state index in [1.165, 1.54) is 11.1 Å². The quantitative estimate of drug-likeness (QED) is 0.635. The number of rotatable bonds is 6. The maximum Gasteiger partial charge on any atom is 0.175 e. The van der Waals surface area contributed by atoms with Crippen molar-refractivity contribution in [3.63, 3.8) is 0 Å². The molecule has 7 nitrogen and oxygen atoms in total. The minimum atomic E-state index is 0.395. The average Bonchev–Trinajstić information content (AvgIpc) is 3.17. The molecule has 0 bridgehead atoms. The van der Waals surface area contributed by atoms with Crippen molar-refractivity contribution in [3.05, 3.63) is 59.2 Å². The smallest absolute Gasteiger partial charge is 0.175 e. The number of hydrogen-bond donors (Lipinski definition) is 2. The Balaban J connectivity index is 1.68. The zero-order valence-electron chi connectivity index (χ0n) is 16.0. The molecule has 0 saturated carbocycles. The summed E-state index contributed by atoms with van der Waals surface area (Å²) in [6.07, 6.45) is 3.53. The number of anilines is 2. The topological polar surface area (TPSA) is 68.9 Å². The lowest BCUT2D eigenvalue weighted by Gasteiger charge is -2.10. The molecular formula is C19H24N6OS. The molecule has 0 saturated heterocycles. The third-order valence-corrected chi connectivity index (χ3v) is 4.43. The van der Waals surface area contributed by atoms with Crippen LogP contribution in [0.5, 0.6) is 0 Å². The van der Waals surface area contributed by atoms with Crippen molar-refractivity contribution < 1.29 is 4.74 Å². The molecular weight excluding hydrogens is 360 g/mol. The lowest BCUT2D eigenvalue weighted by atomic mass is 10.1. The SMILES string of the molecule is COCn1cc(NC(=S)Nc2c(C)nn(Cc3ccc(C)cc3)c2C)cn1. The van der Waals surface area contributed by atoms with Crippen LogP contribution in [-0.4, -0.2) is 31.8 Å². The molecule has 0 unspecified atom stereocenters. The first-order chi connectivity index (χ1) is 13.0. The van der Waals surface area contributed by atoms with Gasteiger partial charge in [0.15, 0.2) is 5.11 Å². The second kappa shape index (κ2) is 8.32. The third kappa shape index (κ3) is 4.72. The van der Waals surface area contributed by atoms with Gasteiger partial charge in [-0.05, 0) is 38.6 Å². The molecule has 0 amide bonds. The minimum Gasteiger partial charge on any atom is -0.362 e. The summed E-state index contributed by atoms with van der Waals surface area (Å²) >= 11 is 5.44. The van der Waals surface area contributed by atoms with Gasteiger partial charge < -0.3 is 15.4 Å². The summed E-state index contributed by atoms with van der Waals surface area (Å²) in [5.74, 6) is 0. The van der Waals surface area contributed by atoms with Crippen molar-refractivity contribution in [1.29, 1.82) is 0 Å². The molecule has 0 aliphatic rings. The van der Waals surface area contributed by atoms with Crippen LogP contribution in [-0.2, 0) is 18.0 Å². The van der Waals surface area contributed by atoms with Gasteiger partial charge in [0.2, 0.25) is 0 Å². The number of hydrogen-bond acceptors (Lipinski definition) is 4. The van der Waals surface area contributed by atoms with Gasteiger partial charge in [-0.3, -0.25) is 4.68 Å². The molecule has 2 aromatic heterocycles. The van der Waals surface area contributed by atoms with Gasteiger partial charge in [0.05, 0.1) is 41.7 Å². The summed E-state index contributed by atoms with van der Waals surface area (Å²) in [7, 11) is 1.63. The van der Waals surface area contributed by atoms with E-state index in [4.69, 9.17) is 17.0 Å². The predicted octanol–water partition coefficient (Wildman–Crippen LogP) is 3.47. The molecule has 2 heterocycles. The zero-order chi connectivity index (χ0) is 19.4. The van der Waals surface area contributed by atoms with Gasteiger partial charge in [-0.25, -0.2) is 4.68 Å². The van der Waals surface area contributed by atoms with Crippen molar-refractivity contribution in [1.82, 2.24) is 19.6 Å². The number of methoxy groups -OCH3 is 1. The molecule has 0 aliphatic carbocycles. The van der Waals surface area contributed by atoms with Crippen LogP contribution in [0.1, 0.15) is 22.5 Å². The normalized spacial score (nSPS) is 10.8. The maximum atomic E-state index is 5.44. The Morgan fingerprint density at radius 3 is 2.59 bits per heavy atom. The Morgan fingerprint density at radius 1 is 1.15 bits per heavy atom.